The van der Waals surface area contributed by atoms with Crippen LogP contribution in [0.15, 0.2) is 79.4 Å². The van der Waals surface area contributed by atoms with Gasteiger partial charge < -0.3 is 33.0 Å². The molecule has 0 bridgehead atoms. The van der Waals surface area contributed by atoms with Crippen molar-refractivity contribution in [2.45, 2.75) is 6.54 Å². The predicted molar refractivity (Wildman–Crippen MR) is 92.2 cm³/mol. The van der Waals surface area contributed by atoms with E-state index in [1.807, 2.05) is 71.3 Å². The Morgan fingerprint density at radius 3 is 1.92 bits per heavy atom. The zero-order chi connectivity index (χ0) is 16.8. The van der Waals surface area contributed by atoms with Crippen LogP contribution in [0, 0.1) is 0 Å². The number of benzene rings is 2. The van der Waals surface area contributed by atoms with Crippen LogP contribution in [0.4, 0.5) is 0 Å². The highest BCUT2D eigenvalue weighted by Gasteiger charge is 2.29. The molecule has 0 aliphatic carbocycles. The van der Waals surface area contributed by atoms with E-state index in [9.17, 15) is 4.57 Å². The normalized spacial score (nSPS) is 10.8. The van der Waals surface area contributed by atoms with Gasteiger partial charge in [0.15, 0.2) is 0 Å². The average Bonchev–Trinajstić information content (AvgIpc) is 3.00. The molecule has 0 radical (unpaired) electrons. The van der Waals surface area contributed by atoms with Crippen molar-refractivity contribution >= 4 is 7.60 Å². The molecule has 0 unspecified atom stereocenters. The van der Waals surface area contributed by atoms with Crippen LogP contribution in [-0.2, 0) is 18.2 Å². The third-order valence-electron chi connectivity index (χ3n) is 3.43. The molecule has 0 atom stereocenters. The number of para-hydroxylation sites is 2. The van der Waals surface area contributed by atoms with E-state index in [0.717, 1.165) is 0 Å². The lowest BCUT2D eigenvalue weighted by atomic mass is 10.3. The van der Waals surface area contributed by atoms with Gasteiger partial charge in [-0.25, -0.2) is 13.7 Å². The molecule has 5 nitrogen and oxygen atoms in total. The van der Waals surface area contributed by atoms with Crippen molar-refractivity contribution in [3.8, 4) is 11.5 Å². The number of imidazole rings is 1. The van der Waals surface area contributed by atoms with Crippen molar-refractivity contribution in [1.29, 1.82) is 0 Å². The minimum atomic E-state index is -3.35. The molecule has 0 saturated heterocycles. The smallest absolute Gasteiger partial charge is 0.434 e. The van der Waals surface area contributed by atoms with Gasteiger partial charge in [-0.2, -0.15) is 0 Å². The van der Waals surface area contributed by atoms with Crippen LogP contribution >= 0.6 is 7.60 Å². The number of hydrogen-bond donors (Lipinski definition) is 0. The fourth-order valence-corrected chi connectivity index (χ4v) is 3.85. The molecule has 0 N–H and O–H groups in total. The Bertz CT molecular complexity index is 779. The van der Waals surface area contributed by atoms with Crippen LogP contribution in [-0.4, -0.2) is 10.7 Å². The third-order valence-corrected chi connectivity index (χ3v) is 5.16. The number of aromatic nitrogens is 2. The lowest BCUT2D eigenvalue weighted by Gasteiger charge is -2.19. The van der Waals surface area contributed by atoms with Crippen LogP contribution in [0.5, 0.6) is 11.5 Å². The zero-order valence-electron chi connectivity index (χ0n) is 13.9. The molecule has 1 heterocycles. The number of hydrogen-bond acceptors (Lipinski definition) is 3. The molecule has 3 aromatic rings. The molecule has 0 fully saturated rings. The van der Waals surface area contributed by atoms with Crippen molar-refractivity contribution < 1.29 is 42.2 Å². The van der Waals surface area contributed by atoms with Gasteiger partial charge >= 0.3 is 7.60 Å². The van der Waals surface area contributed by atoms with Gasteiger partial charge in [0, 0.05) is 0 Å². The summed E-state index contributed by atoms with van der Waals surface area (Å²) in [5.74, 6) is 1.07. The fourth-order valence-electron chi connectivity index (χ4n) is 2.27. The molecule has 7 heteroatoms. The van der Waals surface area contributed by atoms with Crippen LogP contribution < -0.4 is 37.6 Å². The van der Waals surface area contributed by atoms with Gasteiger partial charge in [-0.1, -0.05) is 36.4 Å². The summed E-state index contributed by atoms with van der Waals surface area (Å²) >= 11 is 0. The van der Waals surface area contributed by atoms with E-state index in [1.165, 1.54) is 0 Å². The fraction of sp³-hybridized carbons (Fsp3) is 0.167. The highest BCUT2D eigenvalue weighted by Crippen LogP contribution is 2.48. The SMILES string of the molecule is Cn1cc[n+](CCP(=O)(Oc2ccccc2)Oc2ccccc2)c1.[I-]. The molecule has 132 valence electrons. The Hall–Kier alpha value is -1.79. The Kier molecular flexibility index (Phi) is 7.08. The van der Waals surface area contributed by atoms with E-state index in [2.05, 4.69) is 0 Å². The van der Waals surface area contributed by atoms with E-state index < -0.39 is 7.60 Å². The van der Waals surface area contributed by atoms with Crippen molar-refractivity contribution in [3.05, 3.63) is 79.4 Å². The topological polar surface area (TPSA) is 44.3 Å². The summed E-state index contributed by atoms with van der Waals surface area (Å²) in [6.07, 6.45) is 6.05. The molecule has 3 rings (SSSR count). The summed E-state index contributed by atoms with van der Waals surface area (Å²) < 4.78 is 28.6. The van der Waals surface area contributed by atoms with Gasteiger partial charge in [-0.3, -0.25) is 0 Å². The zero-order valence-corrected chi connectivity index (χ0v) is 16.9. The highest BCUT2D eigenvalue weighted by molar-refractivity contribution is 7.54. The lowest BCUT2D eigenvalue weighted by molar-refractivity contribution is -0.692. The van der Waals surface area contributed by atoms with E-state index in [4.69, 9.17) is 9.05 Å². The van der Waals surface area contributed by atoms with E-state index in [0.29, 0.717) is 18.0 Å². The minimum absolute atomic E-state index is 0. The second kappa shape index (κ2) is 9.06. The molecule has 25 heavy (non-hydrogen) atoms. The second-order valence-corrected chi connectivity index (χ2v) is 7.49. The van der Waals surface area contributed by atoms with Gasteiger partial charge in [-0.15, -0.1) is 0 Å². The van der Waals surface area contributed by atoms with E-state index in [-0.39, 0.29) is 30.1 Å². The Labute approximate surface area is 164 Å². The quantitative estimate of drug-likeness (QED) is 0.290. The second-order valence-electron chi connectivity index (χ2n) is 5.46. The molecular weight excluding hydrogens is 450 g/mol. The molecule has 1 aromatic heterocycles. The van der Waals surface area contributed by atoms with E-state index in [1.54, 1.807) is 24.3 Å². The minimum Gasteiger partial charge on any atom is -1.00 e. The first kappa shape index (κ1) is 19.5. The van der Waals surface area contributed by atoms with Crippen LogP contribution in [0.25, 0.3) is 0 Å². The van der Waals surface area contributed by atoms with Crippen molar-refractivity contribution in [1.82, 2.24) is 4.57 Å². The average molecular weight is 470 g/mol. The summed E-state index contributed by atoms with van der Waals surface area (Å²) in [4.78, 5) is 0. The maximum Gasteiger partial charge on any atom is 0.434 e. The summed E-state index contributed by atoms with van der Waals surface area (Å²) in [6.45, 7) is 0.539. The van der Waals surface area contributed by atoms with Gasteiger partial charge in [0.25, 0.3) is 0 Å². The first-order valence-electron chi connectivity index (χ1n) is 7.72. The van der Waals surface area contributed by atoms with Gasteiger partial charge in [0.1, 0.15) is 36.6 Å². The molecule has 0 spiro atoms. The third kappa shape index (κ3) is 5.90. The molecule has 0 aliphatic rings. The number of halogens is 1. The Balaban J connectivity index is 0.00000225. The van der Waals surface area contributed by atoms with Crippen LogP contribution in [0.2, 0.25) is 0 Å². The Morgan fingerprint density at radius 1 is 0.960 bits per heavy atom. The van der Waals surface area contributed by atoms with Crippen molar-refractivity contribution in [2.24, 2.45) is 7.05 Å². The lowest BCUT2D eigenvalue weighted by Crippen LogP contribution is -3.00. The summed E-state index contributed by atoms with van der Waals surface area (Å²) in [5, 5.41) is 0. The first-order valence-corrected chi connectivity index (χ1v) is 9.45. The standard InChI is InChI=1S/C18H20N2O3P.HI/c1-19-12-13-20(16-19)14-15-24(21,22-17-8-4-2-5-9-17)23-18-10-6-3-7-11-18;/h2-13,16H,14-15H2,1H3;1H/q+1;/p-1. The van der Waals surface area contributed by atoms with Gasteiger partial charge in [0.2, 0.25) is 6.33 Å². The number of aryl methyl sites for hydroxylation is 2. The van der Waals surface area contributed by atoms with Crippen molar-refractivity contribution in [3.63, 3.8) is 0 Å². The van der Waals surface area contributed by atoms with Crippen LogP contribution in [0.1, 0.15) is 0 Å². The number of nitrogens with zero attached hydrogens (tertiary/aromatic N) is 2. The van der Waals surface area contributed by atoms with Gasteiger partial charge in [0.05, 0.1) is 7.05 Å². The summed E-state index contributed by atoms with van der Waals surface area (Å²) in [6, 6.07) is 18.2. The first-order chi connectivity index (χ1) is 11.6. The van der Waals surface area contributed by atoms with Crippen molar-refractivity contribution in [2.75, 3.05) is 6.16 Å². The monoisotopic (exact) mass is 470 g/mol. The molecule has 2 aromatic carbocycles. The summed E-state index contributed by atoms with van der Waals surface area (Å²) in [5.41, 5.74) is 0. The maximum atomic E-state index is 13.3. The highest BCUT2D eigenvalue weighted by atomic mass is 127. The summed E-state index contributed by atoms with van der Waals surface area (Å²) in [7, 11) is -1.41. The Morgan fingerprint density at radius 2 is 1.48 bits per heavy atom. The molecule has 0 amide bonds. The molecule has 0 aliphatic heterocycles. The molecule has 0 saturated carbocycles. The number of rotatable bonds is 7. The molecular formula is C18H20IN2O3P. The van der Waals surface area contributed by atoms with E-state index >= 15 is 0 Å². The largest absolute Gasteiger partial charge is 1.00 e. The van der Waals surface area contributed by atoms with Gasteiger partial charge in [-0.05, 0) is 24.3 Å². The van der Waals surface area contributed by atoms with Crippen LogP contribution in [0.3, 0.4) is 0 Å². The maximum absolute atomic E-state index is 13.3. The predicted octanol–water partition coefficient (Wildman–Crippen LogP) is 0.668.